The van der Waals surface area contributed by atoms with Crippen LogP contribution >= 0.6 is 0 Å². The van der Waals surface area contributed by atoms with E-state index in [4.69, 9.17) is 4.43 Å². The Bertz CT molecular complexity index is 237. The van der Waals surface area contributed by atoms with Crippen LogP contribution in [-0.4, -0.2) is 20.7 Å². The van der Waals surface area contributed by atoms with Crippen LogP contribution in [-0.2, 0) is 9.22 Å². The summed E-state index contributed by atoms with van der Waals surface area (Å²) in [5, 5.41) is 0.187. The van der Waals surface area contributed by atoms with Crippen molar-refractivity contribution in [3.05, 3.63) is 0 Å². The van der Waals surface area contributed by atoms with Gasteiger partial charge in [-0.05, 0) is 36.9 Å². The molecule has 1 aliphatic rings. The first-order valence-electron chi connectivity index (χ1n) is 6.41. The van der Waals surface area contributed by atoms with Gasteiger partial charge in [0, 0.05) is 0 Å². The summed E-state index contributed by atoms with van der Waals surface area (Å²) in [5.74, 6) is 0.478. The molecule has 0 heterocycles. The van der Waals surface area contributed by atoms with Crippen molar-refractivity contribution in [2.45, 2.75) is 70.7 Å². The predicted molar refractivity (Wildman–Crippen MR) is 70.1 cm³/mol. The standard InChI is InChI=1S/C13H26O2Si/c1-13(2,3)16(4,5)15-12(10-14)11-8-6-7-9-11/h10-12H,6-9H2,1-5H3. The summed E-state index contributed by atoms with van der Waals surface area (Å²) in [6, 6.07) is 0. The molecule has 0 aromatic rings. The Morgan fingerprint density at radius 1 is 1.25 bits per heavy atom. The molecule has 1 unspecified atom stereocenters. The first-order valence-corrected chi connectivity index (χ1v) is 9.32. The smallest absolute Gasteiger partial charge is 0.193 e. The molecule has 0 aromatic carbocycles. The molecule has 1 atom stereocenters. The molecule has 1 saturated carbocycles. The highest BCUT2D eigenvalue weighted by molar-refractivity contribution is 6.74. The summed E-state index contributed by atoms with van der Waals surface area (Å²) in [5.41, 5.74) is 0. The second kappa shape index (κ2) is 5.01. The first-order chi connectivity index (χ1) is 7.28. The molecule has 0 aromatic heterocycles. The fourth-order valence-corrected chi connectivity index (χ4v) is 3.32. The molecule has 0 spiro atoms. The maximum Gasteiger partial charge on any atom is 0.193 e. The van der Waals surface area contributed by atoms with E-state index in [0.29, 0.717) is 5.92 Å². The zero-order valence-corrected chi connectivity index (χ0v) is 12.4. The van der Waals surface area contributed by atoms with Gasteiger partial charge in [-0.15, -0.1) is 0 Å². The van der Waals surface area contributed by atoms with E-state index in [1.807, 2.05) is 0 Å². The third-order valence-electron chi connectivity index (χ3n) is 4.24. The van der Waals surface area contributed by atoms with Crippen molar-refractivity contribution in [3.63, 3.8) is 0 Å². The molecule has 1 aliphatic carbocycles. The van der Waals surface area contributed by atoms with Crippen LogP contribution in [0.25, 0.3) is 0 Å². The molecule has 0 radical (unpaired) electrons. The van der Waals surface area contributed by atoms with Crippen molar-refractivity contribution in [2.24, 2.45) is 5.92 Å². The van der Waals surface area contributed by atoms with Crippen LogP contribution in [0.5, 0.6) is 0 Å². The fourth-order valence-electron chi connectivity index (χ4n) is 2.04. The van der Waals surface area contributed by atoms with Crippen LogP contribution in [0.4, 0.5) is 0 Å². The van der Waals surface area contributed by atoms with Gasteiger partial charge in [-0.2, -0.15) is 0 Å². The van der Waals surface area contributed by atoms with Gasteiger partial charge < -0.3 is 9.22 Å². The third kappa shape index (κ3) is 3.17. The normalized spacial score (nSPS) is 21.1. The Morgan fingerprint density at radius 3 is 2.12 bits per heavy atom. The molecule has 2 nitrogen and oxygen atoms in total. The van der Waals surface area contributed by atoms with Gasteiger partial charge in [0.2, 0.25) is 0 Å². The lowest BCUT2D eigenvalue weighted by atomic mass is 10.0. The molecule has 0 bridgehead atoms. The lowest BCUT2D eigenvalue weighted by Gasteiger charge is -2.39. The van der Waals surface area contributed by atoms with Crippen LogP contribution in [0, 0.1) is 5.92 Å². The number of carbonyl (C=O) groups excluding carboxylic acids is 1. The number of rotatable bonds is 4. The van der Waals surface area contributed by atoms with Crippen molar-refractivity contribution >= 4 is 14.6 Å². The second-order valence-electron chi connectivity index (χ2n) is 6.52. The van der Waals surface area contributed by atoms with Crippen molar-refractivity contribution in [1.29, 1.82) is 0 Å². The van der Waals surface area contributed by atoms with Crippen molar-refractivity contribution < 1.29 is 9.22 Å². The van der Waals surface area contributed by atoms with Crippen LogP contribution in [0.2, 0.25) is 18.1 Å². The summed E-state index contributed by atoms with van der Waals surface area (Å²) >= 11 is 0. The van der Waals surface area contributed by atoms with Crippen LogP contribution < -0.4 is 0 Å². The van der Waals surface area contributed by atoms with E-state index in [1.54, 1.807) is 0 Å². The van der Waals surface area contributed by atoms with Gasteiger partial charge in [0.1, 0.15) is 12.4 Å². The lowest BCUT2D eigenvalue weighted by molar-refractivity contribution is -0.116. The van der Waals surface area contributed by atoms with E-state index in [-0.39, 0.29) is 11.1 Å². The van der Waals surface area contributed by atoms with Crippen LogP contribution in [0.1, 0.15) is 46.5 Å². The highest BCUT2D eigenvalue weighted by Gasteiger charge is 2.41. The molecule has 1 rings (SSSR count). The molecule has 0 amide bonds. The Morgan fingerprint density at radius 2 is 1.75 bits per heavy atom. The Kier molecular flexibility index (Phi) is 4.35. The Labute approximate surface area is 101 Å². The molecular weight excluding hydrogens is 216 g/mol. The van der Waals surface area contributed by atoms with Crippen molar-refractivity contribution in [2.75, 3.05) is 0 Å². The predicted octanol–water partition coefficient (Wildman–Crippen LogP) is 3.77. The average Bonchev–Trinajstić information content (AvgIpc) is 2.65. The molecule has 0 saturated heterocycles. The van der Waals surface area contributed by atoms with Gasteiger partial charge in [0.25, 0.3) is 0 Å². The summed E-state index contributed by atoms with van der Waals surface area (Å²) in [6.45, 7) is 11.1. The van der Waals surface area contributed by atoms with Crippen molar-refractivity contribution in [3.8, 4) is 0 Å². The quantitative estimate of drug-likeness (QED) is 0.554. The minimum Gasteiger partial charge on any atom is -0.407 e. The fraction of sp³-hybridized carbons (Fsp3) is 0.923. The van der Waals surface area contributed by atoms with Gasteiger partial charge in [0.05, 0.1) is 0 Å². The number of hydrogen-bond acceptors (Lipinski definition) is 2. The zero-order valence-electron chi connectivity index (χ0n) is 11.4. The minimum absolute atomic E-state index is 0.150. The molecule has 16 heavy (non-hydrogen) atoms. The molecule has 94 valence electrons. The summed E-state index contributed by atoms with van der Waals surface area (Å²) in [7, 11) is -1.79. The summed E-state index contributed by atoms with van der Waals surface area (Å²) in [6.07, 6.45) is 5.74. The van der Waals surface area contributed by atoms with E-state index in [2.05, 4.69) is 33.9 Å². The molecule has 0 aliphatic heterocycles. The maximum absolute atomic E-state index is 11.2. The maximum atomic E-state index is 11.2. The average molecular weight is 242 g/mol. The Hall–Kier alpha value is -0.153. The number of aldehydes is 1. The van der Waals surface area contributed by atoms with E-state index in [1.165, 1.54) is 12.8 Å². The van der Waals surface area contributed by atoms with Crippen LogP contribution in [0.3, 0.4) is 0 Å². The van der Waals surface area contributed by atoms with Crippen LogP contribution in [0.15, 0.2) is 0 Å². The molecular formula is C13H26O2Si. The monoisotopic (exact) mass is 242 g/mol. The lowest BCUT2D eigenvalue weighted by Crippen LogP contribution is -2.46. The molecule has 0 N–H and O–H groups in total. The summed E-state index contributed by atoms with van der Waals surface area (Å²) < 4.78 is 6.21. The van der Waals surface area contributed by atoms with Gasteiger partial charge >= 0.3 is 0 Å². The van der Waals surface area contributed by atoms with Gasteiger partial charge in [-0.3, -0.25) is 0 Å². The molecule has 1 fully saturated rings. The highest BCUT2D eigenvalue weighted by atomic mass is 28.4. The van der Waals surface area contributed by atoms with E-state index >= 15 is 0 Å². The summed E-state index contributed by atoms with van der Waals surface area (Å²) in [4.78, 5) is 11.2. The first kappa shape index (κ1) is 13.9. The second-order valence-corrected chi connectivity index (χ2v) is 11.3. The molecule has 3 heteroatoms. The highest BCUT2D eigenvalue weighted by Crippen LogP contribution is 2.39. The SMILES string of the molecule is CC(C)(C)[Si](C)(C)OC(C=O)C1CCCC1. The number of hydrogen-bond donors (Lipinski definition) is 0. The van der Waals surface area contributed by atoms with Gasteiger partial charge in [0.15, 0.2) is 8.32 Å². The largest absolute Gasteiger partial charge is 0.407 e. The van der Waals surface area contributed by atoms with Gasteiger partial charge in [-0.25, -0.2) is 0 Å². The van der Waals surface area contributed by atoms with E-state index in [0.717, 1.165) is 19.1 Å². The third-order valence-corrected chi connectivity index (χ3v) is 8.71. The Balaban J connectivity index is 2.65. The van der Waals surface area contributed by atoms with Gasteiger partial charge in [-0.1, -0.05) is 33.6 Å². The topological polar surface area (TPSA) is 26.3 Å². The van der Waals surface area contributed by atoms with E-state index < -0.39 is 8.32 Å². The van der Waals surface area contributed by atoms with E-state index in [9.17, 15) is 4.79 Å². The minimum atomic E-state index is -1.79. The number of carbonyl (C=O) groups is 1. The van der Waals surface area contributed by atoms with Crippen molar-refractivity contribution in [1.82, 2.24) is 0 Å². The zero-order chi connectivity index (χ0) is 12.4.